The molecule has 17 rings (SSSR count). The Balaban J connectivity index is 0.000000153. The highest BCUT2D eigenvalue weighted by Gasteiger charge is 2.34. The van der Waals surface area contributed by atoms with Crippen molar-refractivity contribution in [1.29, 1.82) is 0 Å². The lowest BCUT2D eigenvalue weighted by molar-refractivity contribution is -0.118. The Kier molecular flexibility index (Phi) is 29.9. The second-order valence-corrected chi connectivity index (χ2v) is 37.2. The highest BCUT2D eigenvalue weighted by atomic mass is 35.5. The summed E-state index contributed by atoms with van der Waals surface area (Å²) in [4.78, 5) is 50.3. The standard InChI is InChI=1S/C43H45ClN4O2.C35H38ClN3O2.C33H34Cl2N4O2/c1-26-20-34(21-27(2)42(26)44)50-19-9-14-36-35-12-8-13-37(41-28(3)47-48(5)29(41)4)38(35)24-39(36)43(49)46-25-30-17-18-45-40(22-30)33-16-15-31-10-6-7-11-32(31)23-33;1-21-10-7-11-26(16-21)20-37-35(40)32-19-31-28(12-8-13-30(31)33-24(4)38-39(6)25(33)5)29(32)14-9-15-41-27-17-22(2)34(36)23(3)18-27;1-19-14-24(15-20(2)32(19)35)41-13-7-10-26-25-8-6-9-27(31-21(3)38-39(5)22(31)4)28(25)17-29(26)33(40)37-18-23-11-12-36-30(34)16-23/h6-8,10-13,17-18,20-22,33H,9,14-16,19,23-25H2,1-5H3,(H,46,49);7-8,10-13,16-18H,9,14-15,19-20H2,1-6H3,(H,37,40);6,8-9,11-12,14-16H,7,10,13,17-18H2,1-5H3,(H,37,40). The third-order valence-electron chi connectivity index (χ3n) is 26.4. The fourth-order valence-corrected chi connectivity index (χ4v) is 20.0. The minimum Gasteiger partial charge on any atom is -0.494 e. The molecule has 3 amide bonds. The molecule has 1 unspecified atom stereocenters. The van der Waals surface area contributed by atoms with Gasteiger partial charge in [-0.1, -0.05) is 155 Å². The van der Waals surface area contributed by atoms with Crippen molar-refractivity contribution in [3.63, 3.8) is 0 Å². The van der Waals surface area contributed by atoms with Crippen LogP contribution in [0.15, 0.2) is 193 Å². The van der Waals surface area contributed by atoms with Crippen LogP contribution in [-0.2, 0) is 87.3 Å². The Hall–Kier alpha value is -12.1. The number of amides is 3. The first-order chi connectivity index (χ1) is 63.4. The number of benzene rings is 8. The lowest BCUT2D eigenvalue weighted by atomic mass is 9.82. The van der Waals surface area contributed by atoms with E-state index in [2.05, 4.69) is 176 Å². The highest BCUT2D eigenvalue weighted by molar-refractivity contribution is 6.33. The van der Waals surface area contributed by atoms with Crippen molar-refractivity contribution in [1.82, 2.24) is 55.3 Å². The molecule has 3 N–H and O–H groups in total. The van der Waals surface area contributed by atoms with E-state index in [-0.39, 0.29) is 17.7 Å². The van der Waals surface area contributed by atoms with Crippen molar-refractivity contribution in [2.24, 2.45) is 21.1 Å². The molecule has 13 aromatic rings. The number of allylic oxidation sites excluding steroid dienone is 3. The average Bonchev–Trinajstić information content (AvgIpc) is 1.61. The predicted molar refractivity (Wildman–Crippen MR) is 535 cm³/mol. The summed E-state index contributed by atoms with van der Waals surface area (Å²) in [7, 11) is 5.93. The molecule has 5 aromatic heterocycles. The molecule has 0 spiro atoms. The number of carbonyl (C=O) groups excluding carboxylic acids is 3. The summed E-state index contributed by atoms with van der Waals surface area (Å²) in [6, 6.07) is 55.9. The van der Waals surface area contributed by atoms with Gasteiger partial charge < -0.3 is 30.2 Å². The number of rotatable bonds is 28. The first kappa shape index (κ1) is 94.5. The lowest BCUT2D eigenvalue weighted by Gasteiger charge is -2.24. The minimum absolute atomic E-state index is 0.00634. The van der Waals surface area contributed by atoms with Crippen LogP contribution >= 0.6 is 46.4 Å². The van der Waals surface area contributed by atoms with E-state index in [1.54, 1.807) is 12.3 Å². The van der Waals surface area contributed by atoms with Gasteiger partial charge in [0.2, 0.25) is 17.7 Å². The van der Waals surface area contributed by atoms with Crippen molar-refractivity contribution in [2.75, 3.05) is 19.8 Å². The molecule has 5 heterocycles. The van der Waals surface area contributed by atoms with Crippen LogP contribution in [0.2, 0.25) is 20.2 Å². The lowest BCUT2D eigenvalue weighted by Crippen LogP contribution is -2.25. The first-order valence-electron chi connectivity index (χ1n) is 45.7. The Bertz CT molecular complexity index is 6400. The van der Waals surface area contributed by atoms with Crippen LogP contribution in [0, 0.1) is 90.0 Å². The molecule has 8 aromatic carbocycles. The summed E-state index contributed by atoms with van der Waals surface area (Å²) < 4.78 is 24.2. The van der Waals surface area contributed by atoms with E-state index in [1.165, 1.54) is 33.4 Å². The third-order valence-corrected chi connectivity index (χ3v) is 28.4. The summed E-state index contributed by atoms with van der Waals surface area (Å²) in [5.74, 6) is 2.75. The van der Waals surface area contributed by atoms with Gasteiger partial charge in [0.15, 0.2) is 0 Å². The van der Waals surface area contributed by atoms with Gasteiger partial charge in [-0.3, -0.25) is 33.4 Å². The van der Waals surface area contributed by atoms with Gasteiger partial charge in [0.05, 0.1) is 36.9 Å². The summed E-state index contributed by atoms with van der Waals surface area (Å²) in [5.41, 5.74) is 40.2. The Morgan fingerprint density at radius 1 is 0.386 bits per heavy atom. The van der Waals surface area contributed by atoms with Gasteiger partial charge in [-0.05, 0) is 336 Å². The molecule has 0 radical (unpaired) electrons. The molecule has 0 saturated carbocycles. The molecule has 1 atom stereocenters. The number of pyridine rings is 2. The van der Waals surface area contributed by atoms with Gasteiger partial charge in [0.1, 0.15) is 22.4 Å². The molecule has 0 aliphatic heterocycles. The summed E-state index contributed by atoms with van der Waals surface area (Å²) in [6.45, 7) is 29.4. The molecule has 132 heavy (non-hydrogen) atoms. The van der Waals surface area contributed by atoms with Gasteiger partial charge >= 0.3 is 0 Å². The zero-order chi connectivity index (χ0) is 93.5. The Morgan fingerprint density at radius 3 is 1.08 bits per heavy atom. The van der Waals surface area contributed by atoms with Crippen molar-refractivity contribution in [3.05, 3.63) is 353 Å². The maximum atomic E-state index is 14.1. The zero-order valence-electron chi connectivity index (χ0n) is 78.6. The van der Waals surface area contributed by atoms with Crippen LogP contribution in [0.3, 0.4) is 0 Å². The highest BCUT2D eigenvalue weighted by Crippen LogP contribution is 2.47. The van der Waals surface area contributed by atoms with Crippen molar-refractivity contribution in [2.45, 2.75) is 193 Å². The van der Waals surface area contributed by atoms with Crippen LogP contribution in [0.1, 0.15) is 191 Å². The van der Waals surface area contributed by atoms with E-state index in [0.29, 0.717) is 69.8 Å². The first-order valence-corrected chi connectivity index (χ1v) is 47.2. The number of hydrogen-bond donors (Lipinski definition) is 3. The topological polar surface area (TPSA) is 194 Å². The number of aryl methyl sites for hydroxylation is 14. The Labute approximate surface area is 796 Å². The van der Waals surface area contributed by atoms with E-state index in [1.807, 2.05) is 144 Å². The summed E-state index contributed by atoms with van der Waals surface area (Å²) in [6.07, 6.45) is 13.0. The molecule has 4 aliphatic carbocycles. The number of ether oxygens (including phenoxy) is 3. The number of carbonyl (C=O) groups is 3. The van der Waals surface area contributed by atoms with Gasteiger partial charge in [-0.2, -0.15) is 15.3 Å². The van der Waals surface area contributed by atoms with E-state index in [9.17, 15) is 14.4 Å². The normalized spacial score (nSPS) is 13.6. The van der Waals surface area contributed by atoms with Crippen LogP contribution in [-0.4, -0.2) is 76.9 Å². The monoisotopic (exact) mass is 1840 g/mol. The van der Waals surface area contributed by atoms with Crippen LogP contribution in [0.25, 0.3) is 50.1 Å². The SMILES string of the molecule is Cc1cc(OCCCC2=C(C(=O)NCc3ccnc(C4CCc5ccccc5C4)c3)Cc3c2cccc3-c2c(C)nn(C)c2C)cc(C)c1Cl.Cc1cc(OCCCC2=C(C(=O)NCc3ccnc(Cl)c3)Cc3c2cccc3-c2c(C)nn(C)c2C)cc(C)c1Cl.Cc1cccc(CNC(=O)C2=C(CCCOc3cc(C)c(Cl)c(C)c3)c3cccc(-c4c(C)nn(C)c4C)c3C2)c1. The second kappa shape index (κ2) is 41.8. The molecular weight excluding hydrogens is 1730 g/mol. The van der Waals surface area contributed by atoms with Gasteiger partial charge in [0.25, 0.3) is 0 Å². The van der Waals surface area contributed by atoms with Crippen LogP contribution in [0.5, 0.6) is 17.2 Å². The fraction of sp³-hybridized carbons (Fsp3) is 0.315. The van der Waals surface area contributed by atoms with Crippen molar-refractivity contribution in [3.8, 4) is 50.6 Å². The van der Waals surface area contributed by atoms with Gasteiger partial charge in [-0.15, -0.1) is 0 Å². The number of aromatic nitrogens is 8. The smallest absolute Gasteiger partial charge is 0.248 e. The predicted octanol–water partition coefficient (Wildman–Crippen LogP) is 24.4. The minimum atomic E-state index is -0.0698. The molecule has 680 valence electrons. The van der Waals surface area contributed by atoms with Crippen LogP contribution < -0.4 is 30.2 Å². The van der Waals surface area contributed by atoms with E-state index >= 15 is 0 Å². The molecule has 17 nitrogen and oxygen atoms in total. The zero-order valence-corrected chi connectivity index (χ0v) is 81.6. The van der Waals surface area contributed by atoms with Crippen LogP contribution in [0.4, 0.5) is 0 Å². The fourth-order valence-electron chi connectivity index (χ4n) is 19.5. The third kappa shape index (κ3) is 21.2. The maximum absolute atomic E-state index is 14.1. The quantitative estimate of drug-likeness (QED) is 0.0312. The van der Waals surface area contributed by atoms with E-state index in [4.69, 9.17) is 70.7 Å². The summed E-state index contributed by atoms with van der Waals surface area (Å²) in [5, 5.41) is 26.3. The second-order valence-electron chi connectivity index (χ2n) is 35.7. The molecule has 4 aliphatic rings. The van der Waals surface area contributed by atoms with Gasteiger partial charge in [0, 0.05) is 150 Å². The number of fused-ring (bicyclic) bond motifs is 4. The molecular formula is C111H117Cl4N11O6. The average molecular weight is 1840 g/mol. The Morgan fingerprint density at radius 2 is 0.727 bits per heavy atom. The van der Waals surface area contributed by atoms with Crippen molar-refractivity contribution >= 4 is 80.8 Å². The van der Waals surface area contributed by atoms with Crippen molar-refractivity contribution < 1.29 is 28.6 Å². The van der Waals surface area contributed by atoms with Gasteiger partial charge in [-0.25, -0.2) is 4.98 Å². The molecule has 0 fully saturated rings. The largest absolute Gasteiger partial charge is 0.494 e. The number of nitrogens with one attached hydrogen (secondary N) is 3. The number of nitrogens with zero attached hydrogens (tertiary/aromatic N) is 8. The maximum Gasteiger partial charge on any atom is 0.248 e. The van der Waals surface area contributed by atoms with E-state index < -0.39 is 0 Å². The number of halogens is 4. The molecule has 21 heteroatoms. The number of hydrogen-bond acceptors (Lipinski definition) is 11. The summed E-state index contributed by atoms with van der Waals surface area (Å²) >= 11 is 25.1. The molecule has 0 saturated heterocycles. The van der Waals surface area contributed by atoms with E-state index in [0.717, 1.165) is 264 Å². The molecule has 0 bridgehead atoms.